The van der Waals surface area contributed by atoms with E-state index in [2.05, 4.69) is 10.1 Å². The number of para-hydroxylation sites is 1. The molecule has 1 heterocycles. The molecule has 26 heavy (non-hydrogen) atoms. The van der Waals surface area contributed by atoms with Gasteiger partial charge in [-0.05, 0) is 29.8 Å². The van der Waals surface area contributed by atoms with Gasteiger partial charge in [-0.15, -0.1) is 5.10 Å². The van der Waals surface area contributed by atoms with E-state index >= 15 is 0 Å². The van der Waals surface area contributed by atoms with Crippen molar-refractivity contribution in [3.05, 3.63) is 66.5 Å². The summed E-state index contributed by atoms with van der Waals surface area (Å²) < 4.78 is 6.92. The van der Waals surface area contributed by atoms with Crippen LogP contribution in [0.5, 0.6) is 5.75 Å². The average molecular weight is 368 g/mol. The van der Waals surface area contributed by atoms with Gasteiger partial charge in [-0.2, -0.15) is 0 Å². The number of nitrogens with zero attached hydrogens (tertiary/aromatic N) is 4. The van der Waals surface area contributed by atoms with Crippen LogP contribution in [0.15, 0.2) is 66.1 Å². The molecule has 0 aliphatic rings. The van der Waals surface area contributed by atoms with Crippen LogP contribution in [0.4, 0.5) is 0 Å². The van der Waals surface area contributed by atoms with Gasteiger partial charge < -0.3 is 9.64 Å². The highest BCUT2D eigenvalue weighted by Crippen LogP contribution is 2.17. The monoisotopic (exact) mass is 368 g/mol. The van der Waals surface area contributed by atoms with Crippen molar-refractivity contribution in [1.82, 2.24) is 19.7 Å². The summed E-state index contributed by atoms with van der Waals surface area (Å²) >= 11 is 1.33. The highest BCUT2D eigenvalue weighted by molar-refractivity contribution is 7.99. The van der Waals surface area contributed by atoms with Crippen LogP contribution in [0, 0.1) is 0 Å². The average Bonchev–Trinajstić information content (AvgIpc) is 3.16. The van der Waals surface area contributed by atoms with Crippen molar-refractivity contribution in [3.8, 4) is 11.4 Å². The second-order valence-electron chi connectivity index (χ2n) is 5.70. The number of benzene rings is 2. The van der Waals surface area contributed by atoms with E-state index in [1.807, 2.05) is 54.6 Å². The van der Waals surface area contributed by atoms with Gasteiger partial charge in [0.2, 0.25) is 11.1 Å². The fourth-order valence-electron chi connectivity index (χ4n) is 2.39. The molecule has 1 amide bonds. The largest absolute Gasteiger partial charge is 0.497 e. The first-order chi connectivity index (χ1) is 12.7. The molecule has 0 aliphatic carbocycles. The number of rotatable bonds is 7. The van der Waals surface area contributed by atoms with Crippen LogP contribution in [0.1, 0.15) is 5.56 Å². The molecular weight excluding hydrogens is 348 g/mol. The fourth-order valence-corrected chi connectivity index (χ4v) is 3.13. The fraction of sp³-hybridized carbons (Fsp3) is 0.211. The Morgan fingerprint density at radius 2 is 2.00 bits per heavy atom. The molecule has 7 heteroatoms. The molecule has 0 spiro atoms. The maximum absolute atomic E-state index is 12.4. The van der Waals surface area contributed by atoms with Crippen LogP contribution in [-0.2, 0) is 11.3 Å². The lowest BCUT2D eigenvalue weighted by Gasteiger charge is -2.17. The van der Waals surface area contributed by atoms with E-state index in [4.69, 9.17) is 4.74 Å². The van der Waals surface area contributed by atoms with Crippen molar-refractivity contribution < 1.29 is 9.53 Å². The zero-order chi connectivity index (χ0) is 18.4. The Bertz CT molecular complexity index is 867. The number of aromatic nitrogens is 3. The first-order valence-electron chi connectivity index (χ1n) is 8.12. The number of ether oxygens (including phenoxy) is 1. The summed E-state index contributed by atoms with van der Waals surface area (Å²) in [5.41, 5.74) is 1.96. The Morgan fingerprint density at radius 1 is 1.19 bits per heavy atom. The van der Waals surface area contributed by atoms with Gasteiger partial charge in [0.05, 0.1) is 18.6 Å². The summed E-state index contributed by atoms with van der Waals surface area (Å²) in [5.74, 6) is 1.10. The lowest BCUT2D eigenvalue weighted by molar-refractivity contribution is -0.127. The summed E-state index contributed by atoms with van der Waals surface area (Å²) in [4.78, 5) is 18.3. The predicted molar refractivity (Wildman–Crippen MR) is 102 cm³/mol. The third-order valence-electron chi connectivity index (χ3n) is 3.80. The second-order valence-corrected chi connectivity index (χ2v) is 6.64. The Labute approximate surface area is 156 Å². The minimum absolute atomic E-state index is 0.0221. The number of amides is 1. The highest BCUT2D eigenvalue weighted by Gasteiger charge is 2.12. The van der Waals surface area contributed by atoms with Crippen molar-refractivity contribution in [2.75, 3.05) is 19.9 Å². The Balaban J connectivity index is 1.54. The number of hydrogen-bond donors (Lipinski definition) is 0. The maximum Gasteiger partial charge on any atom is 0.233 e. The maximum atomic E-state index is 12.4. The standard InChI is InChI=1S/C19H20N4O2S/c1-22(12-15-7-6-10-17(11-15)25-2)18(24)13-26-19-20-14-23(21-19)16-8-4-3-5-9-16/h3-11,14H,12-13H2,1-2H3. The third-order valence-corrected chi connectivity index (χ3v) is 4.63. The van der Waals surface area contributed by atoms with Crippen LogP contribution < -0.4 is 4.74 Å². The van der Waals surface area contributed by atoms with Crippen LogP contribution >= 0.6 is 11.8 Å². The molecule has 0 N–H and O–H groups in total. The second kappa shape index (κ2) is 8.53. The summed E-state index contributed by atoms with van der Waals surface area (Å²) in [6.07, 6.45) is 1.65. The molecule has 0 aliphatic heterocycles. The normalized spacial score (nSPS) is 10.5. The molecule has 2 aromatic carbocycles. The number of methoxy groups -OCH3 is 1. The molecular formula is C19H20N4O2S. The van der Waals surface area contributed by atoms with E-state index < -0.39 is 0 Å². The minimum atomic E-state index is 0.0221. The molecule has 0 unspecified atom stereocenters. The quantitative estimate of drug-likeness (QED) is 0.600. The van der Waals surface area contributed by atoms with E-state index in [9.17, 15) is 4.79 Å². The van der Waals surface area contributed by atoms with Crippen LogP contribution in [0.25, 0.3) is 5.69 Å². The van der Waals surface area contributed by atoms with Gasteiger partial charge in [-0.1, -0.05) is 42.1 Å². The smallest absolute Gasteiger partial charge is 0.233 e. The summed E-state index contributed by atoms with van der Waals surface area (Å²) in [5, 5.41) is 4.98. The zero-order valence-corrected chi connectivity index (χ0v) is 15.5. The first-order valence-corrected chi connectivity index (χ1v) is 9.11. The van der Waals surface area contributed by atoms with E-state index in [0.29, 0.717) is 17.5 Å². The third kappa shape index (κ3) is 4.64. The van der Waals surface area contributed by atoms with Crippen LogP contribution in [0.3, 0.4) is 0 Å². The summed E-state index contributed by atoms with van der Waals surface area (Å²) in [7, 11) is 3.42. The molecule has 3 rings (SSSR count). The summed E-state index contributed by atoms with van der Waals surface area (Å²) in [6, 6.07) is 17.5. The lowest BCUT2D eigenvalue weighted by Crippen LogP contribution is -2.27. The number of carbonyl (C=O) groups excluding carboxylic acids is 1. The van der Waals surface area contributed by atoms with Crippen LogP contribution in [-0.4, -0.2) is 45.5 Å². The Kier molecular flexibility index (Phi) is 5.91. The predicted octanol–water partition coefficient (Wildman–Crippen LogP) is 3.03. The Morgan fingerprint density at radius 3 is 2.77 bits per heavy atom. The van der Waals surface area contributed by atoms with Crippen molar-refractivity contribution in [2.24, 2.45) is 0 Å². The van der Waals surface area contributed by atoms with Gasteiger partial charge in [0.15, 0.2) is 0 Å². The SMILES string of the molecule is COc1cccc(CN(C)C(=O)CSc2ncn(-c3ccccc3)n2)c1. The number of carbonyl (C=O) groups is 1. The molecule has 0 radical (unpaired) electrons. The van der Waals surface area contributed by atoms with Gasteiger partial charge >= 0.3 is 0 Å². The zero-order valence-electron chi connectivity index (χ0n) is 14.7. The van der Waals surface area contributed by atoms with E-state index in [-0.39, 0.29) is 5.91 Å². The molecule has 0 saturated carbocycles. The van der Waals surface area contributed by atoms with Crippen LogP contribution in [0.2, 0.25) is 0 Å². The molecule has 1 aromatic heterocycles. The number of hydrogen-bond acceptors (Lipinski definition) is 5. The van der Waals surface area contributed by atoms with Crippen molar-refractivity contribution in [1.29, 1.82) is 0 Å². The molecule has 6 nitrogen and oxygen atoms in total. The van der Waals surface area contributed by atoms with Gasteiger partial charge in [0.1, 0.15) is 12.1 Å². The summed E-state index contributed by atoms with van der Waals surface area (Å²) in [6.45, 7) is 0.530. The van der Waals surface area contributed by atoms with Gasteiger partial charge in [0, 0.05) is 13.6 Å². The molecule has 0 fully saturated rings. The Hall–Kier alpha value is -2.80. The molecule has 134 valence electrons. The van der Waals surface area contributed by atoms with Crippen molar-refractivity contribution in [2.45, 2.75) is 11.7 Å². The van der Waals surface area contributed by atoms with Gasteiger partial charge in [-0.3, -0.25) is 4.79 Å². The van der Waals surface area contributed by atoms with E-state index in [1.165, 1.54) is 11.8 Å². The van der Waals surface area contributed by atoms with E-state index in [0.717, 1.165) is 17.0 Å². The van der Waals surface area contributed by atoms with Crippen molar-refractivity contribution >= 4 is 17.7 Å². The van der Waals surface area contributed by atoms with Crippen molar-refractivity contribution in [3.63, 3.8) is 0 Å². The first kappa shape index (κ1) is 18.0. The van der Waals surface area contributed by atoms with E-state index in [1.54, 1.807) is 30.1 Å². The minimum Gasteiger partial charge on any atom is -0.497 e. The van der Waals surface area contributed by atoms with Gasteiger partial charge in [-0.25, -0.2) is 9.67 Å². The molecule has 3 aromatic rings. The lowest BCUT2D eigenvalue weighted by atomic mass is 10.2. The molecule has 0 atom stereocenters. The molecule has 0 saturated heterocycles. The highest BCUT2D eigenvalue weighted by atomic mass is 32.2. The molecule has 0 bridgehead atoms. The number of thioether (sulfide) groups is 1. The topological polar surface area (TPSA) is 60.2 Å². The van der Waals surface area contributed by atoms with Gasteiger partial charge in [0.25, 0.3) is 0 Å².